The Labute approximate surface area is 148 Å². The molecule has 0 spiro atoms. The maximum absolute atomic E-state index is 12.0. The fraction of sp³-hybridized carbons (Fsp3) is 0.400. The number of carbonyl (C=O) groups is 1. The molecule has 22 heavy (non-hydrogen) atoms. The average molecular weight is 338 g/mol. The number of nitrogens with zero attached hydrogens (tertiary/aromatic N) is 4. The molecule has 3 heterocycles. The van der Waals surface area contributed by atoms with Crippen LogP contribution in [0.4, 0.5) is 4.79 Å². The van der Waals surface area contributed by atoms with Gasteiger partial charge in [-0.05, 0) is 6.08 Å². The third kappa shape index (κ3) is 3.20. The Morgan fingerprint density at radius 1 is 1.50 bits per heavy atom. The summed E-state index contributed by atoms with van der Waals surface area (Å²) in [7, 11) is -5.02. The van der Waals surface area contributed by atoms with Gasteiger partial charge in [0, 0.05) is 24.6 Å². The molecule has 0 aliphatic carbocycles. The van der Waals surface area contributed by atoms with E-state index < -0.39 is 22.5 Å². The summed E-state index contributed by atoms with van der Waals surface area (Å²) in [6, 6.07) is -1.39. The maximum Gasteiger partial charge on any atom is 1.00 e. The second-order valence-electron chi connectivity index (χ2n) is 4.57. The summed E-state index contributed by atoms with van der Waals surface area (Å²) in [5, 5.41) is 9.74. The van der Waals surface area contributed by atoms with Crippen LogP contribution in [0.2, 0.25) is 0 Å². The zero-order valence-corrected chi connectivity index (χ0v) is 14.4. The van der Waals surface area contributed by atoms with Crippen molar-refractivity contribution < 1.29 is 56.7 Å². The van der Waals surface area contributed by atoms with Gasteiger partial charge in [-0.2, -0.15) is 9.35 Å². The van der Waals surface area contributed by atoms with Gasteiger partial charge in [0.1, 0.15) is 18.5 Å². The molecule has 0 radical (unpaired) electrons. The van der Waals surface area contributed by atoms with Crippen molar-refractivity contribution in [1.82, 2.24) is 19.5 Å². The molecule has 1 unspecified atom stereocenters. The van der Waals surface area contributed by atoms with Crippen LogP contribution in [0.15, 0.2) is 18.5 Å². The van der Waals surface area contributed by atoms with Gasteiger partial charge in [0.25, 0.3) is 0 Å². The van der Waals surface area contributed by atoms with Crippen LogP contribution in [0.25, 0.3) is 5.70 Å². The predicted molar refractivity (Wildman–Crippen MR) is 65.8 cm³/mol. The third-order valence-electron chi connectivity index (χ3n) is 3.25. The second-order valence-corrected chi connectivity index (χ2v) is 5.53. The second kappa shape index (κ2) is 6.28. The van der Waals surface area contributed by atoms with Crippen LogP contribution >= 0.6 is 0 Å². The number of aromatic nitrogens is 2. The van der Waals surface area contributed by atoms with Crippen molar-refractivity contribution in [3.63, 3.8) is 0 Å². The molecule has 1 N–H and O–H groups in total. The smallest absolute Gasteiger partial charge is 0.724 e. The number of amides is 2. The molecule has 3 rings (SSSR count). The van der Waals surface area contributed by atoms with E-state index in [0.717, 1.165) is 0 Å². The number of rotatable bonds is 4. The Balaban J connectivity index is 0.00000176. The number of aliphatic hydroxyl groups is 1. The summed E-state index contributed by atoms with van der Waals surface area (Å²) in [5.74, 6) is 0.389. The van der Waals surface area contributed by atoms with Gasteiger partial charge in [-0.1, -0.05) is 0 Å². The van der Waals surface area contributed by atoms with Crippen molar-refractivity contribution in [2.24, 2.45) is 0 Å². The molecular weight excluding hydrogens is 327 g/mol. The number of fused-ring (bicyclic) bond motifs is 2. The first-order valence-electron chi connectivity index (χ1n) is 5.97. The van der Waals surface area contributed by atoms with Crippen molar-refractivity contribution in [1.29, 1.82) is 0 Å². The first-order valence-corrected chi connectivity index (χ1v) is 7.30. The fourth-order valence-electron chi connectivity index (χ4n) is 2.44. The van der Waals surface area contributed by atoms with E-state index in [4.69, 9.17) is 0 Å². The van der Waals surface area contributed by atoms with E-state index in [0.29, 0.717) is 16.6 Å². The Kier molecular flexibility index (Phi) is 4.96. The Bertz CT molecular complexity index is 717. The first-order chi connectivity index (χ1) is 9.89. The number of urea groups is 1. The zero-order valence-electron chi connectivity index (χ0n) is 11.6. The van der Waals surface area contributed by atoms with Gasteiger partial charge >= 0.3 is 35.6 Å². The molecule has 12 heteroatoms. The number of hydrogen-bond acceptors (Lipinski definition) is 7. The summed E-state index contributed by atoms with van der Waals surface area (Å²) in [5.41, 5.74) is 0.635. The van der Waals surface area contributed by atoms with Gasteiger partial charge in [-0.3, -0.25) is 0 Å². The third-order valence-corrected chi connectivity index (χ3v) is 3.59. The minimum atomic E-state index is -5.02. The van der Waals surface area contributed by atoms with Crippen LogP contribution in [0.5, 0.6) is 0 Å². The van der Waals surface area contributed by atoms with Crippen LogP contribution in [-0.2, 0) is 21.3 Å². The molecule has 1 atom stereocenters. The summed E-state index contributed by atoms with van der Waals surface area (Å²) in [6.45, 7) is 0.135. The largest absolute Gasteiger partial charge is 1.00 e. The minimum absolute atomic E-state index is 0. The van der Waals surface area contributed by atoms with E-state index >= 15 is 0 Å². The van der Waals surface area contributed by atoms with E-state index in [1.165, 1.54) is 11.1 Å². The fourth-order valence-corrected chi connectivity index (χ4v) is 2.81. The van der Waals surface area contributed by atoms with Gasteiger partial charge in [-0.15, -0.1) is 0 Å². The quantitative estimate of drug-likeness (QED) is 0.334. The predicted octanol–water partition coefficient (Wildman–Crippen LogP) is -4.27. The molecule has 2 amide bonds. The number of hydroxylamine groups is 2. The van der Waals surface area contributed by atoms with Crippen LogP contribution in [0.1, 0.15) is 5.82 Å². The monoisotopic (exact) mass is 338 g/mol. The van der Waals surface area contributed by atoms with Crippen molar-refractivity contribution >= 4 is 22.1 Å². The molecule has 114 valence electrons. The van der Waals surface area contributed by atoms with Crippen molar-refractivity contribution in [2.45, 2.75) is 12.6 Å². The van der Waals surface area contributed by atoms with Gasteiger partial charge in [0.05, 0.1) is 6.54 Å². The number of aliphatic hydroxyl groups excluding tert-OH is 1. The van der Waals surface area contributed by atoms with Gasteiger partial charge in [0.15, 0.2) is 0 Å². The number of carbonyl (C=O) groups excluding carboxylic acids is 1. The summed E-state index contributed by atoms with van der Waals surface area (Å²) in [4.78, 5) is 17.2. The van der Waals surface area contributed by atoms with Crippen LogP contribution in [0.3, 0.4) is 0 Å². The maximum atomic E-state index is 12.0. The van der Waals surface area contributed by atoms with E-state index in [-0.39, 0.29) is 49.3 Å². The summed E-state index contributed by atoms with van der Waals surface area (Å²) in [6.07, 6.45) is 4.72. The van der Waals surface area contributed by atoms with Crippen molar-refractivity contribution in [3.8, 4) is 0 Å². The Morgan fingerprint density at radius 2 is 2.23 bits per heavy atom. The molecule has 0 aromatic carbocycles. The minimum Gasteiger partial charge on any atom is -0.724 e. The van der Waals surface area contributed by atoms with Crippen LogP contribution < -0.4 is 29.6 Å². The van der Waals surface area contributed by atoms with E-state index in [1.807, 2.05) is 0 Å². The molecule has 2 aliphatic heterocycles. The molecule has 0 saturated carbocycles. The van der Waals surface area contributed by atoms with Crippen LogP contribution in [0, 0.1) is 0 Å². The van der Waals surface area contributed by atoms with E-state index in [2.05, 4.69) is 9.27 Å². The topological polar surface area (TPSA) is 128 Å². The van der Waals surface area contributed by atoms with E-state index in [9.17, 15) is 22.9 Å². The standard InChI is InChI=1S/C10H12N4O6S.Na/c15-6-9-11-1-2-13(9)7-3-8-5-12(4-7)10(16)14(8)20-21(17,18)19;/h1-3,8,15H,4-6H2,(H,17,18,19);/q;+1/p-1. The zero-order chi connectivity index (χ0) is 15.2. The molecule has 10 nitrogen and oxygen atoms in total. The Morgan fingerprint density at radius 3 is 2.86 bits per heavy atom. The normalized spacial score (nSPS) is 20.9. The number of imidazole rings is 1. The number of hydrogen-bond donors (Lipinski definition) is 1. The Hall–Kier alpha value is -0.950. The van der Waals surface area contributed by atoms with Gasteiger partial charge in [-0.25, -0.2) is 18.2 Å². The van der Waals surface area contributed by atoms with Crippen molar-refractivity contribution in [3.05, 3.63) is 24.3 Å². The first kappa shape index (κ1) is 17.4. The van der Waals surface area contributed by atoms with Crippen molar-refractivity contribution in [2.75, 3.05) is 13.1 Å². The molecule has 1 saturated heterocycles. The molecular formula is C10H11N4NaO6S. The summed E-state index contributed by atoms with van der Waals surface area (Å²) < 4.78 is 37.8. The molecule has 1 aromatic rings. The molecule has 1 aromatic heterocycles. The van der Waals surface area contributed by atoms with E-state index in [1.54, 1.807) is 16.8 Å². The SMILES string of the molecule is O=C1N2CC(n3ccnc3CO)=CC(C2)N1OS(=O)(=O)[O-].[Na+]. The van der Waals surface area contributed by atoms with Gasteiger partial charge < -0.3 is 19.1 Å². The van der Waals surface area contributed by atoms with Gasteiger partial charge in [0.2, 0.25) is 10.4 Å². The molecule has 2 aliphatic rings. The summed E-state index contributed by atoms with van der Waals surface area (Å²) >= 11 is 0. The average Bonchev–Trinajstić information content (AvgIpc) is 2.97. The molecule has 1 fully saturated rings. The molecule has 2 bridgehead atoms. The van der Waals surface area contributed by atoms with Crippen LogP contribution in [-0.4, -0.2) is 62.8 Å².